The Kier molecular flexibility index (Phi) is 5.05. The van der Waals surface area contributed by atoms with Gasteiger partial charge in [-0.25, -0.2) is 9.78 Å². The van der Waals surface area contributed by atoms with Crippen LogP contribution in [0.1, 0.15) is 18.5 Å². The van der Waals surface area contributed by atoms with E-state index in [0.29, 0.717) is 25.1 Å². The monoisotopic (exact) mass is 363 g/mol. The van der Waals surface area contributed by atoms with E-state index in [-0.39, 0.29) is 18.9 Å². The number of rotatable bonds is 6. The third-order valence-corrected chi connectivity index (χ3v) is 4.55. The molecule has 26 heavy (non-hydrogen) atoms. The van der Waals surface area contributed by atoms with Crippen molar-refractivity contribution in [1.82, 2.24) is 30.8 Å². The Balaban J connectivity index is 1.74. The van der Waals surface area contributed by atoms with E-state index in [0.717, 1.165) is 0 Å². The van der Waals surface area contributed by atoms with Gasteiger partial charge in [-0.15, -0.1) is 0 Å². The smallest absolute Gasteiger partial charge is 0.315 e. The van der Waals surface area contributed by atoms with Crippen molar-refractivity contribution in [3.05, 3.63) is 18.2 Å². The number of carbonyl (C=O) groups is 4. The second-order valence-electron chi connectivity index (χ2n) is 6.34. The predicted octanol–water partition coefficient (Wildman–Crippen LogP) is -2.41. The van der Waals surface area contributed by atoms with E-state index >= 15 is 0 Å². The summed E-state index contributed by atoms with van der Waals surface area (Å²) in [4.78, 5) is 56.4. The summed E-state index contributed by atoms with van der Waals surface area (Å²) in [7, 11) is 0. The van der Waals surface area contributed by atoms with Gasteiger partial charge in [0, 0.05) is 31.4 Å². The molecular formula is C15H21N7O4. The van der Waals surface area contributed by atoms with E-state index in [1.807, 2.05) is 0 Å². The van der Waals surface area contributed by atoms with E-state index in [4.69, 9.17) is 5.73 Å². The summed E-state index contributed by atoms with van der Waals surface area (Å²) in [6.07, 6.45) is 4.39. The zero-order chi connectivity index (χ0) is 18.7. The predicted molar refractivity (Wildman–Crippen MR) is 88.5 cm³/mol. The molecule has 2 aliphatic heterocycles. The number of likely N-dealkylation sites (tertiary alicyclic amines) is 1. The summed E-state index contributed by atoms with van der Waals surface area (Å²) >= 11 is 0. The van der Waals surface area contributed by atoms with Crippen LogP contribution in [0.5, 0.6) is 0 Å². The largest absolute Gasteiger partial charge is 0.368 e. The standard InChI is InChI=1S/C15H21N7O4/c16-12(23)11-2-1-3-22(11)14(25)9(4-8-5-17-7-19-8)20-13(24)10-6-18-15(26)21-10/h5,7,9-11H,1-4,6H2,(H2,16,23)(H,17,19)(H,20,24)(H2,18,21,26)/t9-,10?,11-/m0/s1. The van der Waals surface area contributed by atoms with Gasteiger partial charge in [-0.2, -0.15) is 0 Å². The highest BCUT2D eigenvalue weighted by atomic mass is 16.2. The Morgan fingerprint density at radius 2 is 2.23 bits per heavy atom. The minimum atomic E-state index is -0.902. The quantitative estimate of drug-likeness (QED) is 0.380. The fourth-order valence-corrected chi connectivity index (χ4v) is 3.23. The number of nitrogens with two attached hydrogens (primary N) is 1. The van der Waals surface area contributed by atoms with Crippen molar-refractivity contribution in [2.75, 3.05) is 13.1 Å². The minimum absolute atomic E-state index is 0.142. The van der Waals surface area contributed by atoms with Crippen LogP contribution in [0.2, 0.25) is 0 Å². The number of imidazole rings is 1. The molecule has 140 valence electrons. The molecule has 3 atom stereocenters. The molecule has 0 radical (unpaired) electrons. The SMILES string of the molecule is NC(=O)[C@@H]1CCCN1C(=O)[C@H](Cc1cnc[nH]1)NC(=O)C1CNC(=O)N1. The fourth-order valence-electron chi connectivity index (χ4n) is 3.23. The zero-order valence-electron chi connectivity index (χ0n) is 14.0. The van der Waals surface area contributed by atoms with Gasteiger partial charge in [-0.05, 0) is 12.8 Å². The van der Waals surface area contributed by atoms with Gasteiger partial charge in [0.15, 0.2) is 0 Å². The Labute approximate surface area is 149 Å². The average molecular weight is 363 g/mol. The number of nitrogens with zero attached hydrogens (tertiary/aromatic N) is 2. The summed E-state index contributed by atoms with van der Waals surface area (Å²) in [5.74, 6) is -1.42. The summed E-state index contributed by atoms with van der Waals surface area (Å²) in [5, 5.41) is 7.63. The molecule has 2 aliphatic rings. The van der Waals surface area contributed by atoms with Crippen LogP contribution in [0.15, 0.2) is 12.5 Å². The number of hydrogen-bond donors (Lipinski definition) is 5. The maximum absolute atomic E-state index is 13.0. The minimum Gasteiger partial charge on any atom is -0.368 e. The van der Waals surface area contributed by atoms with Gasteiger partial charge in [-0.1, -0.05) is 0 Å². The van der Waals surface area contributed by atoms with Crippen LogP contribution in [0.4, 0.5) is 4.79 Å². The summed E-state index contributed by atoms with van der Waals surface area (Å²) in [6.45, 7) is 0.548. The molecule has 11 heteroatoms. The van der Waals surface area contributed by atoms with Crippen molar-refractivity contribution in [3.63, 3.8) is 0 Å². The van der Waals surface area contributed by atoms with Crippen LogP contribution in [0, 0.1) is 0 Å². The molecule has 5 amide bonds. The molecule has 1 aromatic rings. The van der Waals surface area contributed by atoms with Gasteiger partial charge in [0.1, 0.15) is 18.1 Å². The second-order valence-corrected chi connectivity index (χ2v) is 6.34. The third-order valence-electron chi connectivity index (χ3n) is 4.55. The third kappa shape index (κ3) is 3.76. The summed E-state index contributed by atoms with van der Waals surface area (Å²) in [6, 6.07) is -2.77. The first kappa shape index (κ1) is 17.7. The Hall–Kier alpha value is -3.11. The van der Waals surface area contributed by atoms with Gasteiger partial charge in [0.05, 0.1) is 6.33 Å². The zero-order valence-corrected chi connectivity index (χ0v) is 14.0. The number of H-pyrrole nitrogens is 1. The molecule has 3 heterocycles. The molecule has 2 saturated heterocycles. The van der Waals surface area contributed by atoms with E-state index in [1.165, 1.54) is 11.2 Å². The molecule has 2 fully saturated rings. The van der Waals surface area contributed by atoms with E-state index in [2.05, 4.69) is 25.9 Å². The molecule has 0 spiro atoms. The molecule has 0 aliphatic carbocycles. The Morgan fingerprint density at radius 1 is 1.42 bits per heavy atom. The number of aromatic amines is 1. The van der Waals surface area contributed by atoms with Crippen molar-refractivity contribution in [2.24, 2.45) is 5.73 Å². The molecule has 6 N–H and O–H groups in total. The fraction of sp³-hybridized carbons (Fsp3) is 0.533. The van der Waals surface area contributed by atoms with Crippen molar-refractivity contribution in [1.29, 1.82) is 0 Å². The van der Waals surface area contributed by atoms with Crippen LogP contribution in [0.3, 0.4) is 0 Å². The van der Waals surface area contributed by atoms with Crippen molar-refractivity contribution in [2.45, 2.75) is 37.4 Å². The summed E-state index contributed by atoms with van der Waals surface area (Å²) < 4.78 is 0. The normalized spacial score (nSPS) is 23.2. The number of aromatic nitrogens is 2. The molecule has 11 nitrogen and oxygen atoms in total. The Morgan fingerprint density at radius 3 is 2.85 bits per heavy atom. The number of hydrogen-bond acceptors (Lipinski definition) is 5. The molecule has 1 unspecified atom stereocenters. The van der Waals surface area contributed by atoms with Crippen LogP contribution >= 0.6 is 0 Å². The highest BCUT2D eigenvalue weighted by Crippen LogP contribution is 2.19. The first-order chi connectivity index (χ1) is 12.5. The maximum Gasteiger partial charge on any atom is 0.315 e. The van der Waals surface area contributed by atoms with Crippen LogP contribution < -0.4 is 21.7 Å². The number of primary amides is 1. The van der Waals surface area contributed by atoms with E-state index < -0.39 is 36.0 Å². The first-order valence-corrected chi connectivity index (χ1v) is 8.37. The highest BCUT2D eigenvalue weighted by Gasteiger charge is 2.38. The lowest BCUT2D eigenvalue weighted by Gasteiger charge is -2.28. The van der Waals surface area contributed by atoms with Gasteiger partial charge >= 0.3 is 6.03 Å². The lowest BCUT2D eigenvalue weighted by atomic mass is 10.1. The molecule has 0 aromatic carbocycles. The number of urea groups is 1. The molecule has 1 aromatic heterocycles. The van der Waals surface area contributed by atoms with Crippen molar-refractivity contribution >= 4 is 23.8 Å². The number of nitrogens with one attached hydrogen (secondary N) is 4. The topological polar surface area (TPSA) is 162 Å². The highest BCUT2D eigenvalue weighted by molar-refractivity contribution is 5.95. The van der Waals surface area contributed by atoms with Gasteiger partial charge < -0.3 is 31.6 Å². The van der Waals surface area contributed by atoms with Crippen molar-refractivity contribution in [3.8, 4) is 0 Å². The average Bonchev–Trinajstić information content (AvgIpc) is 3.34. The van der Waals surface area contributed by atoms with Crippen LogP contribution in [-0.2, 0) is 20.8 Å². The molecule has 3 rings (SSSR count). The lowest BCUT2D eigenvalue weighted by Crippen LogP contribution is -2.56. The Bertz CT molecular complexity index is 705. The van der Waals surface area contributed by atoms with Crippen LogP contribution in [0.25, 0.3) is 0 Å². The van der Waals surface area contributed by atoms with Crippen LogP contribution in [-0.4, -0.2) is 69.8 Å². The second kappa shape index (κ2) is 7.42. The molecular weight excluding hydrogens is 342 g/mol. The molecule has 0 saturated carbocycles. The summed E-state index contributed by atoms with van der Waals surface area (Å²) in [5.41, 5.74) is 6.05. The number of carbonyl (C=O) groups excluding carboxylic acids is 4. The lowest BCUT2D eigenvalue weighted by molar-refractivity contribution is -0.140. The maximum atomic E-state index is 13.0. The van der Waals surface area contributed by atoms with Gasteiger partial charge in [0.2, 0.25) is 17.7 Å². The van der Waals surface area contributed by atoms with E-state index in [1.54, 1.807) is 6.20 Å². The van der Waals surface area contributed by atoms with Crippen molar-refractivity contribution < 1.29 is 19.2 Å². The molecule has 0 bridgehead atoms. The van der Waals surface area contributed by atoms with Gasteiger partial charge in [0.25, 0.3) is 0 Å². The van der Waals surface area contributed by atoms with E-state index in [9.17, 15) is 19.2 Å². The first-order valence-electron chi connectivity index (χ1n) is 8.37. The van der Waals surface area contributed by atoms with Gasteiger partial charge in [-0.3, -0.25) is 14.4 Å². The number of amides is 5.